The molecule has 8 heteroatoms. The van der Waals surface area contributed by atoms with Gasteiger partial charge in [0.2, 0.25) is 0 Å². The Morgan fingerprint density at radius 1 is 1.00 bits per heavy atom. The van der Waals surface area contributed by atoms with E-state index in [1.165, 1.54) is 18.2 Å². The molecular weight excluding hydrogens is 365 g/mol. The molecule has 6 nitrogen and oxygen atoms in total. The van der Waals surface area contributed by atoms with Crippen molar-refractivity contribution in [1.29, 1.82) is 0 Å². The predicted octanol–water partition coefficient (Wildman–Crippen LogP) is 3.86. The summed E-state index contributed by atoms with van der Waals surface area (Å²) in [6.45, 7) is 2.32. The van der Waals surface area contributed by atoms with Crippen LogP contribution in [0.4, 0.5) is 11.4 Å². The van der Waals surface area contributed by atoms with E-state index in [9.17, 15) is 14.9 Å². The minimum Gasteiger partial charge on any atom is -0.367 e. The predicted molar refractivity (Wildman–Crippen MR) is 97.7 cm³/mol. The number of para-hydroxylation sites is 1. The van der Waals surface area contributed by atoms with Crippen LogP contribution in [0.1, 0.15) is 10.4 Å². The second kappa shape index (κ2) is 7.29. The molecule has 0 radical (unpaired) electrons. The van der Waals surface area contributed by atoms with Crippen LogP contribution in [-0.4, -0.2) is 41.9 Å². The van der Waals surface area contributed by atoms with Crippen molar-refractivity contribution in [2.75, 3.05) is 31.1 Å². The van der Waals surface area contributed by atoms with Crippen molar-refractivity contribution in [3.63, 3.8) is 0 Å². The molecule has 130 valence electrons. The number of anilines is 1. The number of carbonyl (C=O) groups excluding carboxylic acids is 1. The molecule has 0 aliphatic carbocycles. The highest BCUT2D eigenvalue weighted by Gasteiger charge is 2.25. The van der Waals surface area contributed by atoms with Gasteiger partial charge in [-0.2, -0.15) is 0 Å². The lowest BCUT2D eigenvalue weighted by atomic mass is 10.1. The maximum atomic E-state index is 12.6. The molecule has 1 saturated heterocycles. The molecule has 3 rings (SSSR count). The summed E-state index contributed by atoms with van der Waals surface area (Å²) >= 11 is 12.0. The van der Waals surface area contributed by atoms with E-state index in [4.69, 9.17) is 23.2 Å². The van der Waals surface area contributed by atoms with Crippen LogP contribution in [0.25, 0.3) is 0 Å². The van der Waals surface area contributed by atoms with Crippen LogP contribution in [0.5, 0.6) is 0 Å². The van der Waals surface area contributed by atoms with Crippen molar-refractivity contribution in [3.8, 4) is 0 Å². The number of benzene rings is 2. The van der Waals surface area contributed by atoms with Gasteiger partial charge in [-0.3, -0.25) is 14.9 Å². The minimum absolute atomic E-state index is 0.0186. The molecule has 0 atom stereocenters. The van der Waals surface area contributed by atoms with Crippen LogP contribution in [0.3, 0.4) is 0 Å². The molecule has 2 aromatic rings. The van der Waals surface area contributed by atoms with Gasteiger partial charge in [0.25, 0.3) is 11.6 Å². The SMILES string of the molecule is O=C(c1ccc(Cl)c([N+](=O)[O-])c1)N1CCN(c2ccccc2Cl)CC1. The summed E-state index contributed by atoms with van der Waals surface area (Å²) in [6.07, 6.45) is 0. The second-order valence-corrected chi connectivity index (χ2v) is 6.47. The normalized spacial score (nSPS) is 14.5. The third-order valence-electron chi connectivity index (χ3n) is 4.15. The summed E-state index contributed by atoms with van der Waals surface area (Å²) in [5.74, 6) is -0.237. The third-order valence-corrected chi connectivity index (χ3v) is 4.79. The van der Waals surface area contributed by atoms with Crippen LogP contribution >= 0.6 is 23.2 Å². The minimum atomic E-state index is -0.589. The highest BCUT2D eigenvalue weighted by Crippen LogP contribution is 2.28. The maximum absolute atomic E-state index is 12.6. The van der Waals surface area contributed by atoms with Gasteiger partial charge in [0, 0.05) is 37.8 Å². The summed E-state index contributed by atoms with van der Waals surface area (Å²) in [5, 5.41) is 11.7. The summed E-state index contributed by atoms with van der Waals surface area (Å²) in [4.78, 5) is 26.8. The molecule has 0 unspecified atom stereocenters. The first kappa shape index (κ1) is 17.5. The number of hydrogen-bond acceptors (Lipinski definition) is 4. The first-order valence-electron chi connectivity index (χ1n) is 7.70. The highest BCUT2D eigenvalue weighted by molar-refractivity contribution is 6.33. The van der Waals surface area contributed by atoms with Crippen molar-refractivity contribution in [1.82, 2.24) is 4.90 Å². The summed E-state index contributed by atoms with van der Waals surface area (Å²) < 4.78 is 0. The van der Waals surface area contributed by atoms with Crippen LogP contribution in [0.2, 0.25) is 10.0 Å². The van der Waals surface area contributed by atoms with Crippen molar-refractivity contribution < 1.29 is 9.72 Å². The topological polar surface area (TPSA) is 66.7 Å². The van der Waals surface area contributed by atoms with E-state index < -0.39 is 4.92 Å². The first-order chi connectivity index (χ1) is 12.0. The number of nitro benzene ring substituents is 1. The molecule has 0 bridgehead atoms. The van der Waals surface area contributed by atoms with Gasteiger partial charge in [0.1, 0.15) is 5.02 Å². The molecule has 1 fully saturated rings. The fourth-order valence-corrected chi connectivity index (χ4v) is 3.27. The van der Waals surface area contributed by atoms with E-state index in [0.29, 0.717) is 31.2 Å². The van der Waals surface area contributed by atoms with Crippen molar-refractivity contribution in [2.24, 2.45) is 0 Å². The number of nitro groups is 1. The Labute approximate surface area is 154 Å². The lowest BCUT2D eigenvalue weighted by molar-refractivity contribution is -0.384. The van der Waals surface area contributed by atoms with Crippen LogP contribution < -0.4 is 4.90 Å². The van der Waals surface area contributed by atoms with Gasteiger partial charge in [0.15, 0.2) is 0 Å². The van der Waals surface area contributed by atoms with E-state index in [1.54, 1.807) is 4.90 Å². The van der Waals surface area contributed by atoms with E-state index in [0.717, 1.165) is 5.69 Å². The lowest BCUT2D eigenvalue weighted by Gasteiger charge is -2.36. The van der Waals surface area contributed by atoms with Gasteiger partial charge >= 0.3 is 0 Å². The van der Waals surface area contributed by atoms with Gasteiger partial charge in [-0.15, -0.1) is 0 Å². The summed E-state index contributed by atoms with van der Waals surface area (Å²) in [6, 6.07) is 11.7. The second-order valence-electron chi connectivity index (χ2n) is 5.65. The Bertz CT molecular complexity index is 821. The maximum Gasteiger partial charge on any atom is 0.288 e. The van der Waals surface area contributed by atoms with Crippen molar-refractivity contribution in [3.05, 3.63) is 68.2 Å². The molecular formula is C17H15Cl2N3O3. The zero-order chi connectivity index (χ0) is 18.0. The molecule has 2 aromatic carbocycles. The largest absolute Gasteiger partial charge is 0.367 e. The lowest BCUT2D eigenvalue weighted by Crippen LogP contribution is -2.48. The smallest absolute Gasteiger partial charge is 0.288 e. The Hall–Kier alpha value is -2.31. The van der Waals surface area contributed by atoms with E-state index in [1.807, 2.05) is 24.3 Å². The third kappa shape index (κ3) is 3.70. The Kier molecular flexibility index (Phi) is 5.11. The quantitative estimate of drug-likeness (QED) is 0.599. The molecule has 0 saturated carbocycles. The molecule has 1 heterocycles. The molecule has 1 aliphatic heterocycles. The Morgan fingerprint density at radius 3 is 2.32 bits per heavy atom. The number of piperazine rings is 1. The van der Waals surface area contributed by atoms with Gasteiger partial charge in [-0.1, -0.05) is 35.3 Å². The fourth-order valence-electron chi connectivity index (χ4n) is 2.83. The first-order valence-corrected chi connectivity index (χ1v) is 8.45. The van der Waals surface area contributed by atoms with Crippen molar-refractivity contribution in [2.45, 2.75) is 0 Å². The highest BCUT2D eigenvalue weighted by atomic mass is 35.5. The van der Waals surface area contributed by atoms with Crippen LogP contribution in [-0.2, 0) is 0 Å². The number of rotatable bonds is 3. The van der Waals surface area contributed by atoms with Gasteiger partial charge in [0.05, 0.1) is 15.6 Å². The standard InChI is InChI=1S/C17H15Cl2N3O3/c18-13-3-1-2-4-15(13)20-7-9-21(10-8-20)17(23)12-5-6-14(19)16(11-12)22(24)25/h1-6,11H,7-10H2. The zero-order valence-corrected chi connectivity index (χ0v) is 14.7. The average Bonchev–Trinajstić information content (AvgIpc) is 2.62. The number of halogens is 2. The summed E-state index contributed by atoms with van der Waals surface area (Å²) in [5.41, 5.74) is 0.947. The monoisotopic (exact) mass is 379 g/mol. The van der Waals surface area contributed by atoms with E-state index in [-0.39, 0.29) is 22.2 Å². The van der Waals surface area contributed by atoms with Crippen molar-refractivity contribution >= 4 is 40.5 Å². The molecule has 25 heavy (non-hydrogen) atoms. The fraction of sp³-hybridized carbons (Fsp3) is 0.235. The molecule has 0 N–H and O–H groups in total. The zero-order valence-electron chi connectivity index (χ0n) is 13.2. The number of amides is 1. The van der Waals surface area contributed by atoms with Crippen LogP contribution in [0.15, 0.2) is 42.5 Å². The molecule has 0 aromatic heterocycles. The number of hydrogen-bond donors (Lipinski definition) is 0. The molecule has 1 amide bonds. The summed E-state index contributed by atoms with van der Waals surface area (Å²) in [7, 11) is 0. The molecule has 1 aliphatic rings. The van der Waals surface area contributed by atoms with Gasteiger partial charge < -0.3 is 9.80 Å². The van der Waals surface area contributed by atoms with Gasteiger partial charge in [-0.05, 0) is 24.3 Å². The van der Waals surface area contributed by atoms with Crippen LogP contribution in [0, 0.1) is 10.1 Å². The Morgan fingerprint density at radius 2 is 1.68 bits per heavy atom. The number of carbonyl (C=O) groups is 1. The number of nitrogens with zero attached hydrogens (tertiary/aromatic N) is 3. The Balaban J connectivity index is 1.71. The van der Waals surface area contributed by atoms with E-state index in [2.05, 4.69) is 4.90 Å². The van der Waals surface area contributed by atoms with Gasteiger partial charge in [-0.25, -0.2) is 0 Å². The molecule has 0 spiro atoms. The van der Waals surface area contributed by atoms with E-state index >= 15 is 0 Å². The average molecular weight is 380 g/mol.